The van der Waals surface area contributed by atoms with Crippen LogP contribution in [0.3, 0.4) is 0 Å². The van der Waals surface area contributed by atoms with Crippen LogP contribution in [-0.2, 0) is 10.0 Å². The van der Waals surface area contributed by atoms with Crippen LogP contribution in [0.15, 0.2) is 42.5 Å². The van der Waals surface area contributed by atoms with Gasteiger partial charge in [-0.15, -0.1) is 0 Å². The van der Waals surface area contributed by atoms with Gasteiger partial charge in [-0.25, -0.2) is 12.8 Å². The van der Waals surface area contributed by atoms with Crippen LogP contribution in [0.4, 0.5) is 15.8 Å². The normalized spacial score (nSPS) is 14.0. The molecule has 6 nitrogen and oxygen atoms in total. The van der Waals surface area contributed by atoms with E-state index in [1.54, 1.807) is 24.3 Å². The molecule has 1 saturated carbocycles. The number of carbonyl (C=O) groups excluding carboxylic acids is 1. The van der Waals surface area contributed by atoms with Crippen molar-refractivity contribution in [3.05, 3.63) is 53.8 Å². The van der Waals surface area contributed by atoms with Crippen LogP contribution in [0.25, 0.3) is 0 Å². The largest absolute Gasteiger partial charge is 0.497 e. The zero-order valence-electron chi connectivity index (χ0n) is 14.4. The summed E-state index contributed by atoms with van der Waals surface area (Å²) >= 11 is 0. The highest BCUT2D eigenvalue weighted by atomic mass is 32.2. The number of rotatable bonds is 6. The monoisotopic (exact) mass is 378 g/mol. The lowest BCUT2D eigenvalue weighted by molar-refractivity contribution is 0.102. The molecule has 0 atom stereocenters. The van der Waals surface area contributed by atoms with Crippen LogP contribution in [0.2, 0.25) is 0 Å². The molecule has 0 heterocycles. The number of hydrogen-bond acceptors (Lipinski definition) is 4. The first-order valence-corrected chi connectivity index (χ1v) is 9.89. The fraction of sp³-hybridized carbons (Fsp3) is 0.278. The lowest BCUT2D eigenvalue weighted by Crippen LogP contribution is -2.33. The van der Waals surface area contributed by atoms with Gasteiger partial charge in [-0.3, -0.25) is 9.10 Å². The molecule has 2 aromatic rings. The Bertz CT molecular complexity index is 925. The van der Waals surface area contributed by atoms with Crippen LogP contribution in [0.1, 0.15) is 23.2 Å². The van der Waals surface area contributed by atoms with Crippen molar-refractivity contribution in [2.75, 3.05) is 23.0 Å². The molecule has 1 amide bonds. The van der Waals surface area contributed by atoms with Crippen molar-refractivity contribution in [1.29, 1.82) is 0 Å². The maximum absolute atomic E-state index is 13.7. The molecule has 2 aromatic carbocycles. The highest BCUT2D eigenvalue weighted by Crippen LogP contribution is 2.38. The van der Waals surface area contributed by atoms with Crippen molar-refractivity contribution < 1.29 is 22.3 Å². The van der Waals surface area contributed by atoms with Crippen LogP contribution in [0.5, 0.6) is 5.75 Å². The number of hydrogen-bond donors (Lipinski definition) is 1. The molecule has 26 heavy (non-hydrogen) atoms. The van der Waals surface area contributed by atoms with Crippen LogP contribution in [0, 0.1) is 5.82 Å². The van der Waals surface area contributed by atoms with Gasteiger partial charge in [0.1, 0.15) is 11.6 Å². The zero-order valence-corrected chi connectivity index (χ0v) is 15.2. The van der Waals surface area contributed by atoms with Gasteiger partial charge in [0.25, 0.3) is 5.91 Å². The summed E-state index contributed by atoms with van der Waals surface area (Å²) < 4.78 is 44.4. The summed E-state index contributed by atoms with van der Waals surface area (Å²) in [4.78, 5) is 12.5. The number of nitrogens with zero attached hydrogens (tertiary/aromatic N) is 1. The van der Waals surface area contributed by atoms with E-state index in [4.69, 9.17) is 4.74 Å². The van der Waals surface area contributed by atoms with E-state index in [-0.39, 0.29) is 17.4 Å². The number of anilines is 2. The van der Waals surface area contributed by atoms with Crippen LogP contribution < -0.4 is 14.4 Å². The molecule has 0 unspecified atom stereocenters. The van der Waals surface area contributed by atoms with Gasteiger partial charge < -0.3 is 10.1 Å². The number of carbonyl (C=O) groups is 1. The molecule has 8 heteroatoms. The van der Waals surface area contributed by atoms with E-state index >= 15 is 0 Å². The van der Waals surface area contributed by atoms with E-state index in [1.165, 1.54) is 23.5 Å². The van der Waals surface area contributed by atoms with E-state index in [9.17, 15) is 17.6 Å². The molecule has 1 aliphatic carbocycles. The standard InChI is InChI=1S/C18H19FN2O4S/c1-25-15-8-3-12(4-9-15)18(22)20-16-11-13(19)5-10-17(16)21(14-6-7-14)26(2,23)24/h3-5,8-11,14H,6-7H2,1-2H3,(H,20,22). The minimum absolute atomic E-state index is 0.114. The van der Waals surface area contributed by atoms with E-state index in [0.717, 1.165) is 25.2 Å². The SMILES string of the molecule is COc1ccc(C(=O)Nc2cc(F)ccc2N(C2CC2)S(C)(=O)=O)cc1. The Kier molecular flexibility index (Phi) is 4.86. The van der Waals surface area contributed by atoms with Gasteiger partial charge in [-0.1, -0.05) is 0 Å². The van der Waals surface area contributed by atoms with Crippen molar-refractivity contribution in [2.24, 2.45) is 0 Å². The average Bonchev–Trinajstić information content (AvgIpc) is 3.40. The first kappa shape index (κ1) is 18.2. The van der Waals surface area contributed by atoms with Gasteiger partial charge >= 0.3 is 0 Å². The van der Waals surface area contributed by atoms with Crippen molar-refractivity contribution in [1.82, 2.24) is 0 Å². The highest BCUT2D eigenvalue weighted by molar-refractivity contribution is 7.92. The van der Waals surface area contributed by atoms with Crippen molar-refractivity contribution in [2.45, 2.75) is 18.9 Å². The summed E-state index contributed by atoms with van der Waals surface area (Å²) in [5.74, 6) is -0.434. The molecule has 3 rings (SSSR count). The van der Waals surface area contributed by atoms with Gasteiger partial charge in [0, 0.05) is 11.6 Å². The summed E-state index contributed by atoms with van der Waals surface area (Å²) in [6.45, 7) is 0. The third-order valence-corrected chi connectivity index (χ3v) is 5.24. The average molecular weight is 378 g/mol. The first-order chi connectivity index (χ1) is 12.3. The molecule has 1 N–H and O–H groups in total. The van der Waals surface area contributed by atoms with Gasteiger partial charge in [-0.2, -0.15) is 0 Å². The Hall–Kier alpha value is -2.61. The second-order valence-corrected chi connectivity index (χ2v) is 7.99. The van der Waals surface area contributed by atoms with E-state index < -0.39 is 21.7 Å². The maximum Gasteiger partial charge on any atom is 0.255 e. The predicted molar refractivity (Wildman–Crippen MR) is 97.7 cm³/mol. The summed E-state index contributed by atoms with van der Waals surface area (Å²) in [7, 11) is -2.04. The fourth-order valence-electron chi connectivity index (χ4n) is 2.69. The molecular formula is C18H19FN2O4S. The zero-order chi connectivity index (χ0) is 18.9. The molecule has 0 saturated heterocycles. The molecule has 1 fully saturated rings. The molecule has 0 spiro atoms. The Labute approximate surface area is 151 Å². The van der Waals surface area contributed by atoms with Gasteiger partial charge in [-0.05, 0) is 55.3 Å². The Morgan fingerprint density at radius 2 is 1.85 bits per heavy atom. The summed E-state index contributed by atoms with van der Waals surface area (Å²) in [6, 6.07) is 9.93. The molecule has 0 aromatic heterocycles. The Balaban J connectivity index is 1.93. The van der Waals surface area contributed by atoms with Gasteiger partial charge in [0.05, 0.1) is 24.7 Å². The fourth-order valence-corrected chi connectivity index (χ4v) is 3.96. The Morgan fingerprint density at radius 1 is 1.19 bits per heavy atom. The summed E-state index contributed by atoms with van der Waals surface area (Å²) in [5, 5.41) is 2.61. The molecule has 1 aliphatic rings. The summed E-state index contributed by atoms with van der Waals surface area (Å²) in [6.07, 6.45) is 2.57. The number of amides is 1. The molecule has 0 radical (unpaired) electrons. The van der Waals surface area contributed by atoms with Gasteiger partial charge in [0.2, 0.25) is 10.0 Å². The maximum atomic E-state index is 13.7. The summed E-state index contributed by atoms with van der Waals surface area (Å²) in [5.41, 5.74) is 0.722. The molecular weight excluding hydrogens is 359 g/mol. The third kappa shape index (κ3) is 3.96. The predicted octanol–water partition coefficient (Wildman–Crippen LogP) is 3.02. The number of halogens is 1. The quantitative estimate of drug-likeness (QED) is 0.838. The van der Waals surface area contributed by atoms with Crippen LogP contribution in [-0.4, -0.2) is 33.7 Å². The smallest absolute Gasteiger partial charge is 0.255 e. The Morgan fingerprint density at radius 3 is 2.38 bits per heavy atom. The molecule has 138 valence electrons. The number of sulfonamides is 1. The van der Waals surface area contributed by atoms with Crippen molar-refractivity contribution in [3.63, 3.8) is 0 Å². The van der Waals surface area contributed by atoms with Crippen LogP contribution >= 0.6 is 0 Å². The highest BCUT2D eigenvalue weighted by Gasteiger charge is 2.36. The number of ether oxygens (including phenoxy) is 1. The van der Waals surface area contributed by atoms with E-state index in [0.29, 0.717) is 11.3 Å². The van der Waals surface area contributed by atoms with Gasteiger partial charge in [0.15, 0.2) is 0 Å². The van der Waals surface area contributed by atoms with E-state index in [2.05, 4.69) is 5.32 Å². The number of benzene rings is 2. The first-order valence-electron chi connectivity index (χ1n) is 8.04. The minimum Gasteiger partial charge on any atom is -0.497 e. The second kappa shape index (κ2) is 6.95. The van der Waals surface area contributed by atoms with Crippen molar-refractivity contribution in [3.8, 4) is 5.75 Å². The second-order valence-electron chi connectivity index (χ2n) is 6.13. The number of nitrogens with one attached hydrogen (secondary N) is 1. The molecule has 0 aliphatic heterocycles. The van der Waals surface area contributed by atoms with E-state index in [1.807, 2.05) is 0 Å². The molecule has 0 bridgehead atoms. The minimum atomic E-state index is -3.56. The lowest BCUT2D eigenvalue weighted by Gasteiger charge is -2.25. The lowest BCUT2D eigenvalue weighted by atomic mass is 10.2. The third-order valence-electron chi connectivity index (χ3n) is 4.03. The topological polar surface area (TPSA) is 75.7 Å². The number of methoxy groups -OCH3 is 1. The van der Waals surface area contributed by atoms with Crippen molar-refractivity contribution >= 4 is 27.3 Å².